The highest BCUT2D eigenvalue weighted by Gasteiger charge is 2.25. The van der Waals surface area contributed by atoms with Crippen LogP contribution in [-0.4, -0.2) is 33.4 Å². The first-order valence-corrected chi connectivity index (χ1v) is 16.1. The highest BCUT2D eigenvalue weighted by atomic mass is 32.1. The Balaban J connectivity index is 1.23. The fourth-order valence-corrected chi connectivity index (χ4v) is 6.06. The molecule has 8 heteroatoms. The second kappa shape index (κ2) is 14.2. The van der Waals surface area contributed by atoms with Crippen LogP contribution in [0, 0.1) is 11.7 Å². The molecule has 0 spiro atoms. The Kier molecular flexibility index (Phi) is 10.1. The van der Waals surface area contributed by atoms with Gasteiger partial charge in [-0.15, -0.1) is 11.3 Å². The van der Waals surface area contributed by atoms with Gasteiger partial charge in [0.2, 0.25) is 0 Å². The summed E-state index contributed by atoms with van der Waals surface area (Å²) < 4.78 is 20.8. The second-order valence-corrected chi connectivity index (χ2v) is 13.4. The van der Waals surface area contributed by atoms with Gasteiger partial charge < -0.3 is 9.84 Å². The summed E-state index contributed by atoms with van der Waals surface area (Å²) in [6.07, 6.45) is 4.28. The maximum atomic E-state index is 15.2. The Morgan fingerprint density at radius 2 is 1.52 bits per heavy atom. The van der Waals surface area contributed by atoms with Gasteiger partial charge in [0.1, 0.15) is 11.6 Å². The molecule has 0 bridgehead atoms. The zero-order chi connectivity index (χ0) is 32.8. The minimum absolute atomic E-state index is 0.0659. The van der Waals surface area contributed by atoms with Crippen LogP contribution in [-0.2, 0) is 16.6 Å². The fraction of sp³-hybridized carbons (Fsp3) is 0.263. The van der Waals surface area contributed by atoms with Crippen LogP contribution < -0.4 is 4.74 Å². The number of Topliss-reactive ketones (excluding diaryl/α,β-unsaturated/α-hetero) is 1. The van der Waals surface area contributed by atoms with Gasteiger partial charge in [-0.1, -0.05) is 76.2 Å². The number of carbonyl (C=O) groups excluding carboxylic acids is 1. The number of aliphatic carboxylic acids is 1. The number of aromatic nitrogens is 2. The van der Waals surface area contributed by atoms with Crippen molar-refractivity contribution >= 4 is 23.1 Å². The van der Waals surface area contributed by atoms with Crippen LogP contribution in [0.25, 0.3) is 33.6 Å². The molecule has 236 valence electrons. The van der Waals surface area contributed by atoms with Gasteiger partial charge >= 0.3 is 5.97 Å². The van der Waals surface area contributed by atoms with Gasteiger partial charge in [-0.05, 0) is 65.3 Å². The molecule has 6 nitrogen and oxygen atoms in total. The normalized spacial score (nSPS) is 12.1. The summed E-state index contributed by atoms with van der Waals surface area (Å²) >= 11 is 1.43. The molecule has 3 aromatic carbocycles. The van der Waals surface area contributed by atoms with E-state index in [0.29, 0.717) is 28.4 Å². The number of rotatable bonds is 12. The largest absolute Gasteiger partial charge is 0.494 e. The van der Waals surface area contributed by atoms with E-state index >= 15 is 4.39 Å². The fourth-order valence-electron chi connectivity index (χ4n) is 5.04. The zero-order valence-electron chi connectivity index (χ0n) is 26.4. The van der Waals surface area contributed by atoms with Gasteiger partial charge in [0.15, 0.2) is 11.6 Å². The van der Waals surface area contributed by atoms with E-state index in [0.717, 1.165) is 39.3 Å². The average Bonchev–Trinajstić information content (AvgIpc) is 3.56. The van der Waals surface area contributed by atoms with Crippen molar-refractivity contribution in [2.45, 2.75) is 52.4 Å². The molecule has 2 heterocycles. The van der Waals surface area contributed by atoms with E-state index in [4.69, 9.17) is 4.74 Å². The summed E-state index contributed by atoms with van der Waals surface area (Å²) in [5.74, 6) is -1.11. The third kappa shape index (κ3) is 7.93. The smallest absolute Gasteiger partial charge is 0.307 e. The first-order chi connectivity index (χ1) is 22.0. The molecule has 1 atom stereocenters. The molecule has 0 aliphatic carbocycles. The van der Waals surface area contributed by atoms with Gasteiger partial charge in [0.05, 0.1) is 17.4 Å². The molecule has 0 aliphatic heterocycles. The van der Waals surface area contributed by atoms with Gasteiger partial charge in [0, 0.05) is 40.4 Å². The van der Waals surface area contributed by atoms with E-state index in [1.165, 1.54) is 17.4 Å². The van der Waals surface area contributed by atoms with E-state index in [1.807, 2.05) is 60.7 Å². The predicted molar refractivity (Wildman–Crippen MR) is 181 cm³/mol. The number of nitrogens with zero attached hydrogens (tertiary/aromatic N) is 2. The Morgan fingerprint density at radius 3 is 2.11 bits per heavy atom. The van der Waals surface area contributed by atoms with Gasteiger partial charge in [-0.2, -0.15) is 0 Å². The lowest BCUT2D eigenvalue weighted by Gasteiger charge is -2.15. The minimum atomic E-state index is -1.00. The predicted octanol–water partition coefficient (Wildman–Crippen LogP) is 9.28. The van der Waals surface area contributed by atoms with Gasteiger partial charge in [0.25, 0.3) is 0 Å². The highest BCUT2D eigenvalue weighted by molar-refractivity contribution is 7.14. The van der Waals surface area contributed by atoms with Gasteiger partial charge in [-0.3, -0.25) is 9.59 Å². The number of thiophene rings is 1. The van der Waals surface area contributed by atoms with Crippen LogP contribution in [0.5, 0.6) is 5.75 Å². The van der Waals surface area contributed by atoms with E-state index in [2.05, 4.69) is 37.7 Å². The number of carboxylic acids is 1. The molecule has 0 amide bonds. The molecule has 0 saturated carbocycles. The molecule has 0 unspecified atom stereocenters. The zero-order valence-corrected chi connectivity index (χ0v) is 27.2. The lowest BCUT2D eigenvalue weighted by Crippen LogP contribution is -2.20. The van der Waals surface area contributed by atoms with E-state index < -0.39 is 11.9 Å². The van der Waals surface area contributed by atoms with E-state index in [1.54, 1.807) is 24.5 Å². The standard InChI is InChI=1S/C38H37FN2O4S/c1-5-18-45-30-13-10-25(11-14-30)27-12-15-31(32(39)20-27)29-22-40-36(41-23-29)26-8-6-24(7-9-26)19-28(37(43)44)21-33(42)34-16-17-35(46-34)38(2,3)4/h6-17,20,22-23,28H,5,18-19,21H2,1-4H3,(H,43,44)/t28-/m1/s1. The second-order valence-electron chi connectivity index (χ2n) is 12.3. The third-order valence-corrected chi connectivity index (χ3v) is 9.24. The van der Waals surface area contributed by atoms with Crippen LogP contribution in [0.1, 0.15) is 60.6 Å². The summed E-state index contributed by atoms with van der Waals surface area (Å²) in [5.41, 5.74) is 4.09. The Bertz CT molecular complexity index is 1810. The lowest BCUT2D eigenvalue weighted by atomic mass is 9.93. The molecule has 1 N–H and O–H groups in total. The minimum Gasteiger partial charge on any atom is -0.494 e. The highest BCUT2D eigenvalue weighted by Crippen LogP contribution is 2.32. The number of ether oxygens (including phenoxy) is 1. The summed E-state index contributed by atoms with van der Waals surface area (Å²) in [7, 11) is 0. The molecule has 2 aromatic heterocycles. The molecule has 5 aromatic rings. The van der Waals surface area contributed by atoms with Crippen LogP contribution >= 0.6 is 11.3 Å². The SMILES string of the molecule is CCCOc1ccc(-c2ccc(-c3cnc(-c4ccc(C[C@H](CC(=O)c5ccc(C(C)(C)C)s5)C(=O)O)cc4)nc3)c(F)c2)cc1. The van der Waals surface area contributed by atoms with Crippen molar-refractivity contribution in [2.75, 3.05) is 6.61 Å². The average molecular weight is 637 g/mol. The molecule has 0 fully saturated rings. The Morgan fingerprint density at radius 1 is 0.870 bits per heavy atom. The van der Waals surface area contributed by atoms with Crippen LogP contribution in [0.3, 0.4) is 0 Å². The summed E-state index contributed by atoms with van der Waals surface area (Å²) in [5, 5.41) is 9.85. The molecule has 0 aliphatic rings. The number of ketones is 1. The number of hydrogen-bond acceptors (Lipinski definition) is 6. The van der Waals surface area contributed by atoms with Crippen molar-refractivity contribution in [3.63, 3.8) is 0 Å². The monoisotopic (exact) mass is 636 g/mol. The molecular weight excluding hydrogens is 599 g/mol. The van der Waals surface area contributed by atoms with E-state index in [-0.39, 0.29) is 29.9 Å². The first-order valence-electron chi connectivity index (χ1n) is 15.3. The van der Waals surface area contributed by atoms with Crippen molar-refractivity contribution < 1.29 is 23.8 Å². The number of carbonyl (C=O) groups is 2. The summed E-state index contributed by atoms with van der Waals surface area (Å²) in [6, 6.07) is 23.7. The van der Waals surface area contributed by atoms with Crippen molar-refractivity contribution in [2.24, 2.45) is 5.92 Å². The van der Waals surface area contributed by atoms with Crippen molar-refractivity contribution in [3.8, 4) is 39.4 Å². The summed E-state index contributed by atoms with van der Waals surface area (Å²) in [6.45, 7) is 8.96. The molecule has 0 saturated heterocycles. The maximum absolute atomic E-state index is 15.2. The lowest BCUT2D eigenvalue weighted by molar-refractivity contribution is -0.141. The number of benzene rings is 3. The van der Waals surface area contributed by atoms with Crippen LogP contribution in [0.15, 0.2) is 91.3 Å². The van der Waals surface area contributed by atoms with Crippen LogP contribution in [0.2, 0.25) is 0 Å². The molecule has 0 radical (unpaired) electrons. The third-order valence-electron chi connectivity index (χ3n) is 7.69. The van der Waals surface area contributed by atoms with Crippen molar-refractivity contribution in [1.29, 1.82) is 0 Å². The number of halogens is 1. The van der Waals surface area contributed by atoms with E-state index in [9.17, 15) is 14.7 Å². The quantitative estimate of drug-likeness (QED) is 0.137. The Labute approximate surface area is 273 Å². The topological polar surface area (TPSA) is 89.4 Å². The van der Waals surface area contributed by atoms with Crippen LogP contribution in [0.4, 0.5) is 4.39 Å². The number of hydrogen-bond donors (Lipinski definition) is 1. The van der Waals surface area contributed by atoms with Crippen molar-refractivity contribution in [3.05, 3.63) is 112 Å². The first kappa shape index (κ1) is 32.7. The van der Waals surface area contributed by atoms with Crippen molar-refractivity contribution in [1.82, 2.24) is 9.97 Å². The van der Waals surface area contributed by atoms with Gasteiger partial charge in [-0.25, -0.2) is 14.4 Å². The Hall–Kier alpha value is -4.69. The summed E-state index contributed by atoms with van der Waals surface area (Å²) in [4.78, 5) is 35.5. The molecule has 5 rings (SSSR count). The molecular formula is C38H37FN2O4S. The maximum Gasteiger partial charge on any atom is 0.307 e. The number of carboxylic acid groups (broad SMARTS) is 1. The molecule has 46 heavy (non-hydrogen) atoms.